The van der Waals surface area contributed by atoms with E-state index in [1.807, 2.05) is 24.0 Å². The summed E-state index contributed by atoms with van der Waals surface area (Å²) in [5.41, 5.74) is 2.02. The van der Waals surface area contributed by atoms with Crippen molar-refractivity contribution in [3.8, 4) is 0 Å². The normalized spacial score (nSPS) is 17.3. The van der Waals surface area contributed by atoms with Crippen molar-refractivity contribution in [2.45, 2.75) is 32.5 Å². The lowest BCUT2D eigenvalue weighted by atomic mass is 9.95. The monoisotopic (exact) mass is 320 g/mol. The fourth-order valence-electron chi connectivity index (χ4n) is 2.71. The van der Waals surface area contributed by atoms with Crippen LogP contribution in [0, 0.1) is 5.92 Å². The van der Waals surface area contributed by atoms with E-state index < -0.39 is 12.1 Å². The molecule has 0 aromatic heterocycles. The Labute approximate surface area is 128 Å². The summed E-state index contributed by atoms with van der Waals surface area (Å²) < 4.78 is 38.2. The van der Waals surface area contributed by atoms with Crippen LogP contribution in [0.5, 0.6) is 0 Å². The summed E-state index contributed by atoms with van der Waals surface area (Å²) in [6.45, 7) is 4.39. The predicted octanol–water partition coefficient (Wildman–Crippen LogP) is 4.23. The molecule has 2 nitrogen and oxygen atoms in total. The SMILES string of the molecule is CCNCc1cc(Cl)ccc1N1CCC(C(F)(F)F)CC1. The first-order chi connectivity index (χ1) is 9.91. The van der Waals surface area contributed by atoms with E-state index in [4.69, 9.17) is 11.6 Å². The van der Waals surface area contributed by atoms with E-state index in [0.717, 1.165) is 17.8 Å². The number of nitrogens with zero attached hydrogens (tertiary/aromatic N) is 1. The zero-order valence-electron chi connectivity index (χ0n) is 12.0. The van der Waals surface area contributed by atoms with Crippen molar-refractivity contribution in [1.29, 1.82) is 0 Å². The van der Waals surface area contributed by atoms with Crippen molar-refractivity contribution in [3.63, 3.8) is 0 Å². The number of anilines is 1. The lowest BCUT2D eigenvalue weighted by molar-refractivity contribution is -0.179. The van der Waals surface area contributed by atoms with Crippen LogP contribution in [0.2, 0.25) is 5.02 Å². The molecule has 21 heavy (non-hydrogen) atoms. The first-order valence-electron chi connectivity index (χ1n) is 7.22. The minimum atomic E-state index is -4.07. The first kappa shape index (κ1) is 16.4. The Morgan fingerprint density at radius 2 is 1.95 bits per heavy atom. The average Bonchev–Trinajstić information content (AvgIpc) is 2.44. The molecule has 0 amide bonds. The van der Waals surface area contributed by atoms with Crippen LogP contribution in [0.15, 0.2) is 18.2 Å². The Kier molecular flexibility index (Phi) is 5.38. The van der Waals surface area contributed by atoms with Crippen molar-refractivity contribution in [2.75, 3.05) is 24.5 Å². The molecule has 1 aromatic carbocycles. The largest absolute Gasteiger partial charge is 0.391 e. The molecular weight excluding hydrogens is 301 g/mol. The summed E-state index contributed by atoms with van der Waals surface area (Å²) in [6.07, 6.45) is -3.75. The van der Waals surface area contributed by atoms with E-state index in [-0.39, 0.29) is 12.8 Å². The van der Waals surface area contributed by atoms with Gasteiger partial charge in [0.25, 0.3) is 0 Å². The van der Waals surface area contributed by atoms with Gasteiger partial charge >= 0.3 is 6.18 Å². The number of nitrogens with one attached hydrogen (secondary N) is 1. The molecule has 0 atom stereocenters. The molecule has 1 aromatic rings. The van der Waals surface area contributed by atoms with Crippen LogP contribution >= 0.6 is 11.6 Å². The maximum absolute atomic E-state index is 12.7. The second-order valence-corrected chi connectivity index (χ2v) is 5.79. The summed E-state index contributed by atoms with van der Waals surface area (Å²) in [6, 6.07) is 5.58. The molecular formula is C15H20ClF3N2. The third-order valence-corrected chi connectivity index (χ3v) is 4.14. The summed E-state index contributed by atoms with van der Waals surface area (Å²) in [7, 11) is 0. The number of halogens is 4. The molecule has 0 saturated carbocycles. The molecule has 0 radical (unpaired) electrons. The van der Waals surface area contributed by atoms with E-state index in [1.54, 1.807) is 6.07 Å². The molecule has 0 aliphatic carbocycles. The topological polar surface area (TPSA) is 15.3 Å². The van der Waals surface area contributed by atoms with Gasteiger partial charge in [-0.2, -0.15) is 13.2 Å². The highest BCUT2D eigenvalue weighted by Gasteiger charge is 2.41. The molecule has 6 heteroatoms. The van der Waals surface area contributed by atoms with E-state index in [1.165, 1.54) is 0 Å². The highest BCUT2D eigenvalue weighted by molar-refractivity contribution is 6.30. The van der Waals surface area contributed by atoms with Crippen LogP contribution in [0.1, 0.15) is 25.3 Å². The standard InChI is InChI=1S/C15H20ClF3N2/c1-2-20-10-11-9-13(16)3-4-14(11)21-7-5-12(6-8-21)15(17,18)19/h3-4,9,12,20H,2,5-8,10H2,1H3. The van der Waals surface area contributed by atoms with Gasteiger partial charge in [0.15, 0.2) is 0 Å². The second-order valence-electron chi connectivity index (χ2n) is 5.36. The minimum Gasteiger partial charge on any atom is -0.371 e. The number of benzene rings is 1. The Hall–Kier alpha value is -0.940. The van der Waals surface area contributed by atoms with Crippen LogP contribution in [0.4, 0.5) is 18.9 Å². The van der Waals surface area contributed by atoms with Gasteiger partial charge in [0.05, 0.1) is 5.92 Å². The zero-order valence-corrected chi connectivity index (χ0v) is 12.8. The number of alkyl halides is 3. The van der Waals surface area contributed by atoms with Gasteiger partial charge in [0.2, 0.25) is 0 Å². The molecule has 1 aliphatic heterocycles. The second kappa shape index (κ2) is 6.88. The minimum absolute atomic E-state index is 0.159. The molecule has 118 valence electrons. The molecule has 1 fully saturated rings. The lowest BCUT2D eigenvalue weighted by Crippen LogP contribution is -2.39. The molecule has 2 rings (SSSR count). The zero-order chi connectivity index (χ0) is 15.5. The molecule has 0 bridgehead atoms. The number of piperidine rings is 1. The molecule has 0 unspecified atom stereocenters. The fourth-order valence-corrected chi connectivity index (χ4v) is 2.91. The summed E-state index contributed by atoms with van der Waals surface area (Å²) >= 11 is 6.02. The Morgan fingerprint density at radius 1 is 1.29 bits per heavy atom. The molecule has 1 aliphatic rings. The van der Waals surface area contributed by atoms with Gasteiger partial charge < -0.3 is 10.2 Å². The molecule has 1 saturated heterocycles. The third-order valence-electron chi connectivity index (χ3n) is 3.91. The number of hydrogen-bond donors (Lipinski definition) is 1. The number of hydrogen-bond acceptors (Lipinski definition) is 2. The van der Waals surface area contributed by atoms with Crippen molar-refractivity contribution in [3.05, 3.63) is 28.8 Å². The van der Waals surface area contributed by atoms with Crippen LogP contribution < -0.4 is 10.2 Å². The molecule has 1 N–H and O–H groups in total. The van der Waals surface area contributed by atoms with Crippen LogP contribution in [-0.2, 0) is 6.54 Å². The van der Waals surface area contributed by atoms with E-state index in [2.05, 4.69) is 5.32 Å². The summed E-state index contributed by atoms with van der Waals surface area (Å²) in [5.74, 6) is -1.17. The van der Waals surface area contributed by atoms with Crippen LogP contribution in [-0.4, -0.2) is 25.8 Å². The Bertz CT molecular complexity index is 468. The van der Waals surface area contributed by atoms with Crippen molar-refractivity contribution < 1.29 is 13.2 Å². The van der Waals surface area contributed by atoms with E-state index in [9.17, 15) is 13.2 Å². The Morgan fingerprint density at radius 3 is 2.52 bits per heavy atom. The average molecular weight is 321 g/mol. The fraction of sp³-hybridized carbons (Fsp3) is 0.600. The first-order valence-corrected chi connectivity index (χ1v) is 7.60. The smallest absolute Gasteiger partial charge is 0.371 e. The quantitative estimate of drug-likeness (QED) is 0.893. The number of rotatable bonds is 4. The maximum atomic E-state index is 12.7. The van der Waals surface area contributed by atoms with Gasteiger partial charge in [-0.1, -0.05) is 18.5 Å². The van der Waals surface area contributed by atoms with Crippen LogP contribution in [0.3, 0.4) is 0 Å². The van der Waals surface area contributed by atoms with Crippen molar-refractivity contribution >= 4 is 17.3 Å². The summed E-state index contributed by atoms with van der Waals surface area (Å²) in [4.78, 5) is 2.03. The predicted molar refractivity (Wildman–Crippen MR) is 79.8 cm³/mol. The lowest BCUT2D eigenvalue weighted by Gasteiger charge is -2.35. The van der Waals surface area contributed by atoms with Gasteiger partial charge in [-0.3, -0.25) is 0 Å². The van der Waals surface area contributed by atoms with Gasteiger partial charge in [0, 0.05) is 30.3 Å². The maximum Gasteiger partial charge on any atom is 0.391 e. The van der Waals surface area contributed by atoms with Crippen molar-refractivity contribution in [2.24, 2.45) is 5.92 Å². The van der Waals surface area contributed by atoms with Crippen LogP contribution in [0.25, 0.3) is 0 Å². The molecule has 0 spiro atoms. The van der Waals surface area contributed by atoms with Gasteiger partial charge in [-0.05, 0) is 43.1 Å². The highest BCUT2D eigenvalue weighted by atomic mass is 35.5. The van der Waals surface area contributed by atoms with Crippen molar-refractivity contribution in [1.82, 2.24) is 5.32 Å². The summed E-state index contributed by atoms with van der Waals surface area (Å²) in [5, 5.41) is 3.89. The Balaban J connectivity index is 2.09. The van der Waals surface area contributed by atoms with Gasteiger partial charge in [0.1, 0.15) is 0 Å². The van der Waals surface area contributed by atoms with E-state index >= 15 is 0 Å². The van der Waals surface area contributed by atoms with Gasteiger partial charge in [-0.15, -0.1) is 0 Å². The van der Waals surface area contributed by atoms with Gasteiger partial charge in [-0.25, -0.2) is 0 Å². The van der Waals surface area contributed by atoms with E-state index in [0.29, 0.717) is 24.7 Å². The third kappa shape index (κ3) is 4.27. The molecule has 1 heterocycles. The highest BCUT2D eigenvalue weighted by Crippen LogP contribution is 2.36.